The van der Waals surface area contributed by atoms with E-state index in [1.165, 1.54) is 22.3 Å². The highest BCUT2D eigenvalue weighted by Crippen LogP contribution is 2.17. The first-order chi connectivity index (χ1) is 7.97. The van der Waals surface area contributed by atoms with Crippen molar-refractivity contribution in [3.63, 3.8) is 0 Å². The second-order valence-electron chi connectivity index (χ2n) is 4.56. The summed E-state index contributed by atoms with van der Waals surface area (Å²) < 4.78 is 0. The molecule has 1 aromatic rings. The van der Waals surface area contributed by atoms with Gasteiger partial charge in [0.15, 0.2) is 0 Å². The summed E-state index contributed by atoms with van der Waals surface area (Å²) in [5, 5.41) is 0. The zero-order valence-electron chi connectivity index (χ0n) is 11.2. The Labute approximate surface area is 104 Å². The van der Waals surface area contributed by atoms with Crippen LogP contribution in [0.25, 0.3) is 0 Å². The normalized spacial score (nSPS) is 10.4. The van der Waals surface area contributed by atoms with E-state index in [2.05, 4.69) is 32.9 Å². The molecule has 0 bridgehead atoms. The SMILES string of the molecule is Cc1ccc(CCN(C)C(=O)CN)c(C)c1C. The van der Waals surface area contributed by atoms with Crippen LogP contribution in [0.15, 0.2) is 12.1 Å². The smallest absolute Gasteiger partial charge is 0.236 e. The van der Waals surface area contributed by atoms with Crippen LogP contribution in [0.2, 0.25) is 0 Å². The zero-order chi connectivity index (χ0) is 13.0. The van der Waals surface area contributed by atoms with E-state index in [0.29, 0.717) is 0 Å². The van der Waals surface area contributed by atoms with Gasteiger partial charge in [0, 0.05) is 13.6 Å². The number of amides is 1. The molecule has 1 aromatic carbocycles. The molecule has 0 heterocycles. The van der Waals surface area contributed by atoms with Crippen LogP contribution in [0.5, 0.6) is 0 Å². The number of benzene rings is 1. The number of nitrogens with two attached hydrogens (primary N) is 1. The molecule has 0 saturated carbocycles. The first-order valence-electron chi connectivity index (χ1n) is 5.97. The number of hydrogen-bond donors (Lipinski definition) is 1. The molecule has 1 amide bonds. The molecule has 0 radical (unpaired) electrons. The molecule has 3 heteroatoms. The van der Waals surface area contributed by atoms with Crippen molar-refractivity contribution in [2.75, 3.05) is 20.1 Å². The fourth-order valence-electron chi connectivity index (χ4n) is 1.85. The molecule has 0 fully saturated rings. The molecule has 0 aliphatic carbocycles. The van der Waals surface area contributed by atoms with Crippen molar-refractivity contribution in [1.82, 2.24) is 4.90 Å². The van der Waals surface area contributed by atoms with Crippen LogP contribution in [0.1, 0.15) is 22.3 Å². The highest BCUT2D eigenvalue weighted by Gasteiger charge is 2.08. The molecule has 0 saturated heterocycles. The van der Waals surface area contributed by atoms with Crippen LogP contribution in [0.3, 0.4) is 0 Å². The topological polar surface area (TPSA) is 46.3 Å². The highest BCUT2D eigenvalue weighted by molar-refractivity contribution is 5.77. The Morgan fingerprint density at radius 3 is 2.47 bits per heavy atom. The van der Waals surface area contributed by atoms with Crippen LogP contribution in [-0.4, -0.2) is 30.9 Å². The molecule has 0 aliphatic heterocycles. The standard InChI is InChI=1S/C14H22N2O/c1-10-5-6-13(12(3)11(10)2)7-8-16(4)14(17)9-15/h5-6H,7-9,15H2,1-4H3. The van der Waals surface area contributed by atoms with Gasteiger partial charge >= 0.3 is 0 Å². The predicted octanol–water partition coefficient (Wildman–Crippen LogP) is 1.57. The lowest BCUT2D eigenvalue weighted by Crippen LogP contribution is -2.34. The number of rotatable bonds is 4. The Hall–Kier alpha value is -1.35. The van der Waals surface area contributed by atoms with Gasteiger partial charge in [0.25, 0.3) is 0 Å². The Balaban J connectivity index is 2.70. The van der Waals surface area contributed by atoms with Gasteiger partial charge in [-0.2, -0.15) is 0 Å². The Bertz CT molecular complexity index is 413. The lowest BCUT2D eigenvalue weighted by Gasteiger charge is -2.18. The second-order valence-corrected chi connectivity index (χ2v) is 4.56. The number of likely N-dealkylation sites (N-methyl/N-ethyl adjacent to an activating group) is 1. The third-order valence-corrected chi connectivity index (χ3v) is 3.49. The molecule has 2 N–H and O–H groups in total. The summed E-state index contributed by atoms with van der Waals surface area (Å²) in [7, 11) is 1.80. The van der Waals surface area contributed by atoms with Crippen molar-refractivity contribution in [3.8, 4) is 0 Å². The summed E-state index contributed by atoms with van der Waals surface area (Å²) in [6, 6.07) is 4.29. The lowest BCUT2D eigenvalue weighted by molar-refractivity contribution is -0.128. The van der Waals surface area contributed by atoms with Crippen molar-refractivity contribution in [1.29, 1.82) is 0 Å². The third-order valence-electron chi connectivity index (χ3n) is 3.49. The third kappa shape index (κ3) is 3.30. The number of carbonyl (C=O) groups excluding carboxylic acids is 1. The monoisotopic (exact) mass is 234 g/mol. The van der Waals surface area contributed by atoms with E-state index >= 15 is 0 Å². The maximum Gasteiger partial charge on any atom is 0.236 e. The van der Waals surface area contributed by atoms with Gasteiger partial charge in [-0.3, -0.25) is 4.79 Å². The van der Waals surface area contributed by atoms with E-state index in [1.54, 1.807) is 11.9 Å². The number of aryl methyl sites for hydroxylation is 1. The van der Waals surface area contributed by atoms with E-state index in [0.717, 1.165) is 13.0 Å². The quantitative estimate of drug-likeness (QED) is 0.859. The lowest BCUT2D eigenvalue weighted by atomic mass is 9.97. The molecule has 94 valence electrons. The summed E-state index contributed by atoms with van der Waals surface area (Å²) in [6.45, 7) is 7.21. The van der Waals surface area contributed by atoms with Gasteiger partial charge in [0.2, 0.25) is 5.91 Å². The van der Waals surface area contributed by atoms with Gasteiger partial charge in [-0.15, -0.1) is 0 Å². The number of nitrogens with zero attached hydrogens (tertiary/aromatic N) is 1. The maximum absolute atomic E-state index is 11.3. The van der Waals surface area contributed by atoms with Gasteiger partial charge in [-0.05, 0) is 49.4 Å². The first kappa shape index (κ1) is 13.7. The van der Waals surface area contributed by atoms with Crippen molar-refractivity contribution < 1.29 is 4.79 Å². The summed E-state index contributed by atoms with van der Waals surface area (Å²) in [5.41, 5.74) is 10.6. The van der Waals surface area contributed by atoms with E-state index in [1.807, 2.05) is 0 Å². The summed E-state index contributed by atoms with van der Waals surface area (Å²) in [5.74, 6) is -0.00788. The summed E-state index contributed by atoms with van der Waals surface area (Å²) in [6.07, 6.45) is 0.884. The maximum atomic E-state index is 11.3. The molecule has 3 nitrogen and oxygen atoms in total. The minimum Gasteiger partial charge on any atom is -0.344 e. The molecular weight excluding hydrogens is 212 g/mol. The van der Waals surface area contributed by atoms with Crippen LogP contribution in [-0.2, 0) is 11.2 Å². The first-order valence-corrected chi connectivity index (χ1v) is 5.97. The minimum absolute atomic E-state index is 0.00788. The fourth-order valence-corrected chi connectivity index (χ4v) is 1.85. The summed E-state index contributed by atoms with van der Waals surface area (Å²) in [4.78, 5) is 13.0. The zero-order valence-corrected chi connectivity index (χ0v) is 11.2. The molecule has 0 atom stereocenters. The van der Waals surface area contributed by atoms with Crippen LogP contribution < -0.4 is 5.73 Å². The molecular formula is C14H22N2O. The van der Waals surface area contributed by atoms with E-state index < -0.39 is 0 Å². The second kappa shape index (κ2) is 5.82. The van der Waals surface area contributed by atoms with Gasteiger partial charge < -0.3 is 10.6 Å². The van der Waals surface area contributed by atoms with E-state index in [4.69, 9.17) is 5.73 Å². The van der Waals surface area contributed by atoms with Crippen molar-refractivity contribution in [2.24, 2.45) is 5.73 Å². The Morgan fingerprint density at radius 1 is 1.24 bits per heavy atom. The van der Waals surface area contributed by atoms with Crippen LogP contribution in [0.4, 0.5) is 0 Å². The van der Waals surface area contributed by atoms with Crippen LogP contribution in [0, 0.1) is 20.8 Å². The van der Waals surface area contributed by atoms with Gasteiger partial charge in [0.05, 0.1) is 6.54 Å². The van der Waals surface area contributed by atoms with Crippen molar-refractivity contribution in [3.05, 3.63) is 34.4 Å². The number of hydrogen-bond acceptors (Lipinski definition) is 2. The number of carbonyl (C=O) groups is 1. The molecule has 0 spiro atoms. The Morgan fingerprint density at radius 2 is 1.88 bits per heavy atom. The average Bonchev–Trinajstić information content (AvgIpc) is 2.33. The molecule has 0 aliphatic rings. The van der Waals surface area contributed by atoms with Gasteiger partial charge in [-0.1, -0.05) is 12.1 Å². The van der Waals surface area contributed by atoms with Gasteiger partial charge in [-0.25, -0.2) is 0 Å². The highest BCUT2D eigenvalue weighted by atomic mass is 16.2. The molecule has 17 heavy (non-hydrogen) atoms. The van der Waals surface area contributed by atoms with E-state index in [9.17, 15) is 4.79 Å². The fraction of sp³-hybridized carbons (Fsp3) is 0.500. The Kier molecular flexibility index (Phi) is 4.70. The molecule has 1 rings (SSSR count). The van der Waals surface area contributed by atoms with Crippen molar-refractivity contribution in [2.45, 2.75) is 27.2 Å². The minimum atomic E-state index is -0.00788. The largest absolute Gasteiger partial charge is 0.344 e. The van der Waals surface area contributed by atoms with E-state index in [-0.39, 0.29) is 12.5 Å². The average molecular weight is 234 g/mol. The van der Waals surface area contributed by atoms with Crippen LogP contribution >= 0.6 is 0 Å². The summed E-state index contributed by atoms with van der Waals surface area (Å²) >= 11 is 0. The molecule has 0 aromatic heterocycles. The molecule has 0 unspecified atom stereocenters. The van der Waals surface area contributed by atoms with Crippen molar-refractivity contribution >= 4 is 5.91 Å². The predicted molar refractivity (Wildman–Crippen MR) is 71.0 cm³/mol. The van der Waals surface area contributed by atoms with Gasteiger partial charge in [0.1, 0.15) is 0 Å².